The molecule has 0 radical (unpaired) electrons. The van der Waals surface area contributed by atoms with Gasteiger partial charge in [0.05, 0.1) is 36.7 Å². The zero-order chi connectivity index (χ0) is 23.1. The van der Waals surface area contributed by atoms with Crippen LogP contribution in [0.4, 0.5) is 0 Å². The lowest BCUT2D eigenvalue weighted by Crippen LogP contribution is -2.52. The molecule has 9 nitrogen and oxygen atoms in total. The van der Waals surface area contributed by atoms with Crippen LogP contribution in [0.3, 0.4) is 0 Å². The third-order valence-electron chi connectivity index (χ3n) is 5.97. The van der Waals surface area contributed by atoms with E-state index in [1.54, 1.807) is 12.1 Å². The number of nitrogens with zero attached hydrogens (tertiary/aromatic N) is 1. The number of rotatable bonds is 5. The maximum absolute atomic E-state index is 13.0. The summed E-state index contributed by atoms with van der Waals surface area (Å²) in [7, 11) is -0.835. The number of sulfonamides is 1. The molecule has 2 aromatic carbocycles. The molecular formula is C22H23NO8S. The highest BCUT2D eigenvalue weighted by molar-refractivity contribution is 7.89. The standard InChI is InChI=1S/C22H23NO8S/c1-29-18-8-7-16-17(24)13-22(31-19(16)20(18)30-2)9-11-23(12-10-22)32(27,28)15-5-3-14(4-6-15)21(25)26/h3-8H,9-13H2,1-2H3,(H,25,26). The first kappa shape index (κ1) is 22.1. The van der Waals surface area contributed by atoms with E-state index in [-0.39, 0.29) is 35.8 Å². The van der Waals surface area contributed by atoms with Gasteiger partial charge in [-0.25, -0.2) is 13.2 Å². The zero-order valence-corrected chi connectivity index (χ0v) is 18.5. The van der Waals surface area contributed by atoms with Crippen LogP contribution in [0.1, 0.15) is 40.0 Å². The second-order valence-electron chi connectivity index (χ2n) is 7.80. The van der Waals surface area contributed by atoms with Crippen LogP contribution in [0, 0.1) is 0 Å². The summed E-state index contributed by atoms with van der Waals surface area (Å²) in [5, 5.41) is 9.01. The third-order valence-corrected chi connectivity index (χ3v) is 7.89. The first-order valence-electron chi connectivity index (χ1n) is 10.0. The monoisotopic (exact) mass is 461 g/mol. The summed E-state index contributed by atoms with van der Waals surface area (Å²) in [6.07, 6.45) is 0.798. The van der Waals surface area contributed by atoms with Gasteiger partial charge in [0.25, 0.3) is 0 Å². The number of benzene rings is 2. The number of piperidine rings is 1. The fourth-order valence-electron chi connectivity index (χ4n) is 4.19. The molecule has 0 bridgehead atoms. The summed E-state index contributed by atoms with van der Waals surface area (Å²) >= 11 is 0. The van der Waals surface area contributed by atoms with Gasteiger partial charge >= 0.3 is 5.97 Å². The van der Waals surface area contributed by atoms with Gasteiger partial charge in [-0.05, 0) is 36.4 Å². The normalized spacial score (nSPS) is 18.0. The van der Waals surface area contributed by atoms with Crippen molar-refractivity contribution in [1.82, 2.24) is 4.31 Å². The molecular weight excluding hydrogens is 438 g/mol. The Morgan fingerprint density at radius 2 is 1.72 bits per heavy atom. The van der Waals surface area contributed by atoms with Crippen molar-refractivity contribution in [3.05, 3.63) is 47.5 Å². The summed E-state index contributed by atoms with van der Waals surface area (Å²) in [5.74, 6) is -0.108. The highest BCUT2D eigenvalue weighted by atomic mass is 32.2. The van der Waals surface area contributed by atoms with Crippen molar-refractivity contribution in [2.45, 2.75) is 29.8 Å². The minimum atomic E-state index is -3.80. The lowest BCUT2D eigenvalue weighted by atomic mass is 9.83. The number of carbonyl (C=O) groups is 2. The van der Waals surface area contributed by atoms with E-state index in [1.807, 2.05) is 0 Å². The maximum atomic E-state index is 13.0. The predicted molar refractivity (Wildman–Crippen MR) is 113 cm³/mol. The van der Waals surface area contributed by atoms with Gasteiger partial charge in [0.1, 0.15) is 5.60 Å². The fourth-order valence-corrected chi connectivity index (χ4v) is 5.63. The van der Waals surface area contributed by atoms with E-state index in [1.165, 1.54) is 42.8 Å². The second kappa shape index (κ2) is 8.10. The van der Waals surface area contributed by atoms with E-state index < -0.39 is 21.6 Å². The lowest BCUT2D eigenvalue weighted by Gasteiger charge is -2.43. The van der Waals surface area contributed by atoms with Gasteiger partial charge in [-0.1, -0.05) is 0 Å². The number of hydrogen-bond donors (Lipinski definition) is 1. The van der Waals surface area contributed by atoms with Crippen molar-refractivity contribution < 1.29 is 37.3 Å². The van der Waals surface area contributed by atoms with Gasteiger partial charge in [0.2, 0.25) is 15.8 Å². The topological polar surface area (TPSA) is 119 Å². The number of fused-ring (bicyclic) bond motifs is 1. The van der Waals surface area contributed by atoms with Gasteiger partial charge in [0.15, 0.2) is 17.3 Å². The van der Waals surface area contributed by atoms with Crippen LogP contribution < -0.4 is 14.2 Å². The van der Waals surface area contributed by atoms with Crippen LogP contribution in [0.2, 0.25) is 0 Å². The third kappa shape index (κ3) is 3.69. The number of carboxylic acid groups (broad SMARTS) is 1. The molecule has 4 rings (SSSR count). The Bertz CT molecular complexity index is 1170. The van der Waals surface area contributed by atoms with Crippen LogP contribution >= 0.6 is 0 Å². The summed E-state index contributed by atoms with van der Waals surface area (Å²) < 4.78 is 44.4. The molecule has 2 heterocycles. The molecule has 1 N–H and O–H groups in total. The van der Waals surface area contributed by atoms with Crippen LogP contribution in [0.5, 0.6) is 17.2 Å². The van der Waals surface area contributed by atoms with E-state index in [2.05, 4.69) is 0 Å². The van der Waals surface area contributed by atoms with Crippen molar-refractivity contribution >= 4 is 21.8 Å². The maximum Gasteiger partial charge on any atom is 0.335 e. The molecule has 1 saturated heterocycles. The van der Waals surface area contributed by atoms with Crippen molar-refractivity contribution in [1.29, 1.82) is 0 Å². The zero-order valence-electron chi connectivity index (χ0n) is 17.7. The molecule has 2 aromatic rings. The minimum Gasteiger partial charge on any atom is -0.493 e. The molecule has 2 aliphatic rings. The average Bonchev–Trinajstić information content (AvgIpc) is 2.78. The molecule has 0 aliphatic carbocycles. The Hall–Kier alpha value is -3.11. The average molecular weight is 461 g/mol. The smallest absolute Gasteiger partial charge is 0.335 e. The molecule has 0 saturated carbocycles. The van der Waals surface area contributed by atoms with Crippen molar-refractivity contribution in [2.24, 2.45) is 0 Å². The molecule has 1 fully saturated rings. The van der Waals surface area contributed by atoms with Gasteiger partial charge in [-0.2, -0.15) is 4.31 Å². The Morgan fingerprint density at radius 3 is 2.28 bits per heavy atom. The van der Waals surface area contributed by atoms with Gasteiger partial charge in [0, 0.05) is 25.9 Å². The van der Waals surface area contributed by atoms with Crippen LogP contribution in [0.25, 0.3) is 0 Å². The van der Waals surface area contributed by atoms with Crippen LogP contribution in [-0.2, 0) is 10.0 Å². The Labute approximate surface area is 185 Å². The molecule has 32 heavy (non-hydrogen) atoms. The molecule has 1 spiro atoms. The van der Waals surface area contributed by atoms with Crippen molar-refractivity contribution in [3.63, 3.8) is 0 Å². The van der Waals surface area contributed by atoms with Crippen molar-refractivity contribution in [2.75, 3.05) is 27.3 Å². The van der Waals surface area contributed by atoms with Gasteiger partial charge in [-0.3, -0.25) is 4.79 Å². The number of ether oxygens (including phenoxy) is 3. The number of ketones is 1. The Morgan fingerprint density at radius 1 is 1.06 bits per heavy atom. The number of carbonyl (C=O) groups excluding carboxylic acids is 1. The largest absolute Gasteiger partial charge is 0.493 e. The van der Waals surface area contributed by atoms with E-state index in [0.717, 1.165) is 0 Å². The molecule has 2 aliphatic heterocycles. The number of methoxy groups -OCH3 is 2. The van der Waals surface area contributed by atoms with Gasteiger partial charge in [-0.15, -0.1) is 0 Å². The summed E-state index contributed by atoms with van der Waals surface area (Å²) in [6.45, 7) is 0.329. The number of hydrogen-bond acceptors (Lipinski definition) is 7. The highest BCUT2D eigenvalue weighted by Crippen LogP contribution is 2.48. The second-order valence-corrected chi connectivity index (χ2v) is 9.73. The first-order valence-corrected chi connectivity index (χ1v) is 11.5. The Kier molecular flexibility index (Phi) is 5.59. The summed E-state index contributed by atoms with van der Waals surface area (Å²) in [4.78, 5) is 23.9. The first-order chi connectivity index (χ1) is 15.2. The summed E-state index contributed by atoms with van der Waals surface area (Å²) in [6, 6.07) is 8.41. The van der Waals surface area contributed by atoms with E-state index in [0.29, 0.717) is 35.7 Å². The molecule has 0 unspecified atom stereocenters. The highest BCUT2D eigenvalue weighted by Gasteiger charge is 2.46. The molecule has 0 atom stereocenters. The SMILES string of the molecule is COc1ccc2c(c1OC)OC1(CCN(S(=O)(=O)c3ccc(C(=O)O)cc3)CC1)CC2=O. The van der Waals surface area contributed by atoms with Crippen molar-refractivity contribution in [3.8, 4) is 17.2 Å². The minimum absolute atomic E-state index is 0.0127. The van der Waals surface area contributed by atoms with Gasteiger partial charge < -0.3 is 19.3 Å². The Balaban J connectivity index is 1.56. The number of aromatic carboxylic acids is 1. The molecule has 10 heteroatoms. The van der Waals surface area contributed by atoms with Crippen LogP contribution in [-0.4, -0.2) is 62.5 Å². The van der Waals surface area contributed by atoms with Crippen LogP contribution in [0.15, 0.2) is 41.3 Å². The fraction of sp³-hybridized carbons (Fsp3) is 0.364. The molecule has 170 valence electrons. The summed E-state index contributed by atoms with van der Waals surface area (Å²) in [5.41, 5.74) is -0.399. The number of carboxylic acids is 1. The molecule has 0 amide bonds. The quantitative estimate of drug-likeness (QED) is 0.722. The predicted octanol–water partition coefficient (Wildman–Crippen LogP) is 2.59. The molecule has 0 aromatic heterocycles. The van der Waals surface area contributed by atoms with E-state index in [4.69, 9.17) is 19.3 Å². The number of Topliss-reactive ketones (excluding diaryl/α,β-unsaturated/α-hetero) is 1. The van der Waals surface area contributed by atoms with E-state index >= 15 is 0 Å². The van der Waals surface area contributed by atoms with E-state index in [9.17, 15) is 18.0 Å². The lowest BCUT2D eigenvalue weighted by molar-refractivity contribution is 0.00374.